The van der Waals surface area contributed by atoms with E-state index in [-0.39, 0.29) is 17.9 Å². The first kappa shape index (κ1) is 13.8. The summed E-state index contributed by atoms with van der Waals surface area (Å²) in [5, 5.41) is 4.58. The van der Waals surface area contributed by atoms with Crippen molar-refractivity contribution in [3.05, 3.63) is 35.8 Å². The lowest BCUT2D eigenvalue weighted by Crippen LogP contribution is -2.33. The molecule has 2 aromatic rings. The Kier molecular flexibility index (Phi) is 3.49. The van der Waals surface area contributed by atoms with Crippen LogP contribution in [0.3, 0.4) is 0 Å². The minimum atomic E-state index is -0.115. The molecule has 1 aliphatic carbocycles. The van der Waals surface area contributed by atoms with Crippen LogP contribution in [0, 0.1) is 19.8 Å². The van der Waals surface area contributed by atoms with Gasteiger partial charge in [0.15, 0.2) is 0 Å². The van der Waals surface area contributed by atoms with Crippen LogP contribution in [0.2, 0.25) is 0 Å². The Morgan fingerprint density at radius 1 is 1.33 bits per heavy atom. The smallest absolute Gasteiger partial charge is 0.308 e. The topological polar surface area (TPSA) is 57.0 Å². The van der Waals surface area contributed by atoms with Gasteiger partial charge in [0.25, 0.3) is 0 Å². The number of carbonyl (C=O) groups is 1. The molecule has 2 aromatic heterocycles. The first-order valence-electron chi connectivity index (χ1n) is 7.16. The quantitative estimate of drug-likeness (QED) is 0.814. The largest absolute Gasteiger partial charge is 0.469 e. The maximum absolute atomic E-state index is 11.4. The molecule has 5 nitrogen and oxygen atoms in total. The van der Waals surface area contributed by atoms with Crippen molar-refractivity contribution in [1.82, 2.24) is 14.8 Å². The molecule has 0 unspecified atom stereocenters. The van der Waals surface area contributed by atoms with Crippen LogP contribution < -0.4 is 0 Å². The van der Waals surface area contributed by atoms with E-state index >= 15 is 0 Å². The maximum atomic E-state index is 11.4. The zero-order chi connectivity index (χ0) is 15.0. The normalized spacial score (nSPS) is 20.9. The van der Waals surface area contributed by atoms with Crippen molar-refractivity contribution in [2.24, 2.45) is 5.92 Å². The van der Waals surface area contributed by atoms with Crippen LogP contribution in [0.1, 0.15) is 30.3 Å². The van der Waals surface area contributed by atoms with Gasteiger partial charge in [-0.05, 0) is 38.8 Å². The van der Waals surface area contributed by atoms with Gasteiger partial charge < -0.3 is 4.74 Å². The zero-order valence-corrected chi connectivity index (χ0v) is 12.5. The van der Waals surface area contributed by atoms with Crippen molar-refractivity contribution in [2.45, 2.75) is 32.7 Å². The Labute approximate surface area is 124 Å². The van der Waals surface area contributed by atoms with Gasteiger partial charge >= 0.3 is 5.97 Å². The second-order valence-corrected chi connectivity index (χ2v) is 5.62. The molecule has 0 saturated heterocycles. The summed E-state index contributed by atoms with van der Waals surface area (Å²) >= 11 is 0. The fourth-order valence-corrected chi connectivity index (χ4v) is 2.78. The second-order valence-electron chi connectivity index (χ2n) is 5.62. The zero-order valence-electron chi connectivity index (χ0n) is 12.5. The molecule has 0 spiro atoms. The first-order chi connectivity index (χ1) is 10.1. The average Bonchev–Trinajstić information content (AvgIpc) is 2.78. The Balaban J connectivity index is 1.79. The van der Waals surface area contributed by atoms with Crippen molar-refractivity contribution in [2.75, 3.05) is 7.11 Å². The van der Waals surface area contributed by atoms with E-state index in [9.17, 15) is 4.79 Å². The summed E-state index contributed by atoms with van der Waals surface area (Å²) in [6.45, 7) is 3.97. The van der Waals surface area contributed by atoms with Crippen molar-refractivity contribution in [1.29, 1.82) is 0 Å². The highest BCUT2D eigenvalue weighted by Gasteiger charge is 2.37. The average molecular weight is 285 g/mol. The number of aryl methyl sites for hydroxylation is 2. The molecule has 110 valence electrons. The summed E-state index contributed by atoms with van der Waals surface area (Å²) in [5.41, 5.74) is 3.96. The van der Waals surface area contributed by atoms with Gasteiger partial charge in [-0.15, -0.1) is 0 Å². The van der Waals surface area contributed by atoms with Crippen molar-refractivity contribution < 1.29 is 9.53 Å². The lowest BCUT2D eigenvalue weighted by molar-refractivity contribution is -0.149. The Bertz CT molecular complexity index is 672. The van der Waals surface area contributed by atoms with E-state index in [0.717, 1.165) is 35.5 Å². The van der Waals surface area contributed by atoms with Gasteiger partial charge in [-0.3, -0.25) is 14.5 Å². The van der Waals surface area contributed by atoms with E-state index < -0.39 is 0 Å². The molecule has 0 bridgehead atoms. The molecule has 0 radical (unpaired) electrons. The first-order valence-corrected chi connectivity index (χ1v) is 7.16. The molecule has 21 heavy (non-hydrogen) atoms. The number of methoxy groups -OCH3 is 1. The van der Waals surface area contributed by atoms with Crippen LogP contribution in [0.4, 0.5) is 0 Å². The standard InChI is InChI=1S/C16H19N3O2/c1-10-5-4-6-15(17-10)14-9-19(18-11(14)2)13-7-12(8-13)16(20)21-3/h4-6,9,12-13H,7-8H2,1-3H3. The summed E-state index contributed by atoms with van der Waals surface area (Å²) in [7, 11) is 1.44. The molecule has 1 aliphatic rings. The predicted molar refractivity (Wildman–Crippen MR) is 78.7 cm³/mol. The Morgan fingerprint density at radius 2 is 2.10 bits per heavy atom. The van der Waals surface area contributed by atoms with E-state index in [1.165, 1.54) is 7.11 Å². The molecule has 0 amide bonds. The van der Waals surface area contributed by atoms with Crippen LogP contribution in [-0.2, 0) is 9.53 Å². The number of esters is 1. The lowest BCUT2D eigenvalue weighted by atomic mass is 9.80. The minimum Gasteiger partial charge on any atom is -0.469 e. The summed E-state index contributed by atoms with van der Waals surface area (Å²) in [6, 6.07) is 6.27. The highest BCUT2D eigenvalue weighted by atomic mass is 16.5. The molecule has 0 atom stereocenters. The SMILES string of the molecule is COC(=O)C1CC(n2cc(-c3cccc(C)n3)c(C)n2)C1. The maximum Gasteiger partial charge on any atom is 0.308 e. The number of nitrogens with zero attached hydrogens (tertiary/aromatic N) is 3. The monoisotopic (exact) mass is 285 g/mol. The van der Waals surface area contributed by atoms with Crippen molar-refractivity contribution in [3.63, 3.8) is 0 Å². The third kappa shape index (κ3) is 2.55. The summed E-state index contributed by atoms with van der Waals surface area (Å²) in [4.78, 5) is 16.0. The molecule has 1 saturated carbocycles. The third-order valence-electron chi connectivity index (χ3n) is 4.10. The molecule has 1 fully saturated rings. The number of ether oxygens (including phenoxy) is 1. The van der Waals surface area contributed by atoms with E-state index in [1.54, 1.807) is 0 Å². The Hall–Kier alpha value is -2.17. The predicted octanol–water partition coefficient (Wildman–Crippen LogP) is 2.69. The number of carbonyl (C=O) groups excluding carboxylic acids is 1. The molecule has 0 aromatic carbocycles. The molecule has 0 N–H and O–H groups in total. The van der Waals surface area contributed by atoms with Gasteiger partial charge in [0.2, 0.25) is 0 Å². The number of aromatic nitrogens is 3. The number of hydrogen-bond donors (Lipinski definition) is 0. The molecule has 5 heteroatoms. The van der Waals surface area contributed by atoms with Crippen molar-refractivity contribution >= 4 is 5.97 Å². The number of pyridine rings is 1. The van der Waals surface area contributed by atoms with Gasteiger partial charge in [-0.1, -0.05) is 6.07 Å². The summed E-state index contributed by atoms with van der Waals surface area (Å²) in [5.74, 6) is -0.0965. The van der Waals surface area contributed by atoms with Gasteiger partial charge in [0, 0.05) is 17.5 Å². The molecular formula is C16H19N3O2. The van der Waals surface area contributed by atoms with E-state index in [1.807, 2.05) is 42.9 Å². The van der Waals surface area contributed by atoms with Gasteiger partial charge in [0.1, 0.15) is 0 Å². The van der Waals surface area contributed by atoms with Crippen LogP contribution in [0.25, 0.3) is 11.3 Å². The second kappa shape index (κ2) is 5.31. The van der Waals surface area contributed by atoms with Crippen LogP contribution >= 0.6 is 0 Å². The van der Waals surface area contributed by atoms with Crippen molar-refractivity contribution in [3.8, 4) is 11.3 Å². The highest BCUT2D eigenvalue weighted by molar-refractivity contribution is 5.73. The fraction of sp³-hybridized carbons (Fsp3) is 0.438. The van der Waals surface area contributed by atoms with E-state index in [4.69, 9.17) is 4.74 Å². The Morgan fingerprint density at radius 3 is 2.76 bits per heavy atom. The van der Waals surface area contributed by atoms with E-state index in [2.05, 4.69) is 10.1 Å². The fourth-order valence-electron chi connectivity index (χ4n) is 2.78. The molecule has 2 heterocycles. The third-order valence-corrected chi connectivity index (χ3v) is 4.10. The molecular weight excluding hydrogens is 266 g/mol. The van der Waals surface area contributed by atoms with E-state index in [0.29, 0.717) is 0 Å². The summed E-state index contributed by atoms with van der Waals surface area (Å²) in [6.07, 6.45) is 3.64. The van der Waals surface area contributed by atoms with Crippen LogP contribution in [0.5, 0.6) is 0 Å². The summed E-state index contributed by atoms with van der Waals surface area (Å²) < 4.78 is 6.74. The lowest BCUT2D eigenvalue weighted by Gasteiger charge is -2.33. The van der Waals surface area contributed by atoms with Gasteiger partial charge in [-0.2, -0.15) is 5.10 Å². The van der Waals surface area contributed by atoms with Crippen LogP contribution in [-0.4, -0.2) is 27.8 Å². The molecule has 0 aliphatic heterocycles. The van der Waals surface area contributed by atoms with Gasteiger partial charge in [0.05, 0.1) is 30.5 Å². The number of rotatable bonds is 3. The highest BCUT2D eigenvalue weighted by Crippen LogP contribution is 2.39. The molecule has 3 rings (SSSR count). The minimum absolute atomic E-state index is 0.0186. The van der Waals surface area contributed by atoms with Crippen LogP contribution in [0.15, 0.2) is 24.4 Å². The number of hydrogen-bond acceptors (Lipinski definition) is 4. The van der Waals surface area contributed by atoms with Gasteiger partial charge in [-0.25, -0.2) is 0 Å².